The Morgan fingerprint density at radius 3 is 2.56 bits per heavy atom. The maximum Gasteiger partial charge on any atom is 0.313 e. The number of anilines is 1. The molecule has 1 aromatic carbocycles. The highest BCUT2D eigenvalue weighted by Gasteiger charge is 2.16. The summed E-state index contributed by atoms with van der Waals surface area (Å²) in [4.78, 5) is 37.9. The SMILES string of the molecule is Cc1cccc(NC(=O)C(=O)NCc2ccc(C(=O)c3ccsc3)s2)c1C. The van der Waals surface area contributed by atoms with Gasteiger partial charge in [0.2, 0.25) is 5.78 Å². The highest BCUT2D eigenvalue weighted by molar-refractivity contribution is 7.14. The van der Waals surface area contributed by atoms with E-state index in [0.29, 0.717) is 16.1 Å². The lowest BCUT2D eigenvalue weighted by molar-refractivity contribution is -0.136. The number of nitrogens with one attached hydrogen (secondary N) is 2. The van der Waals surface area contributed by atoms with Gasteiger partial charge in [0.25, 0.3) is 0 Å². The van der Waals surface area contributed by atoms with Gasteiger partial charge in [0, 0.05) is 21.5 Å². The van der Waals surface area contributed by atoms with Gasteiger partial charge in [-0.3, -0.25) is 14.4 Å². The topological polar surface area (TPSA) is 75.3 Å². The van der Waals surface area contributed by atoms with Crippen molar-refractivity contribution >= 4 is 46.0 Å². The van der Waals surface area contributed by atoms with E-state index in [2.05, 4.69) is 10.6 Å². The van der Waals surface area contributed by atoms with Crippen LogP contribution in [0, 0.1) is 13.8 Å². The van der Waals surface area contributed by atoms with Crippen LogP contribution in [-0.4, -0.2) is 17.6 Å². The molecule has 2 heterocycles. The van der Waals surface area contributed by atoms with Crippen LogP contribution in [0.2, 0.25) is 0 Å². The van der Waals surface area contributed by atoms with Gasteiger partial charge >= 0.3 is 11.8 Å². The van der Waals surface area contributed by atoms with Gasteiger partial charge in [0.15, 0.2) is 0 Å². The van der Waals surface area contributed by atoms with Gasteiger partial charge in [-0.05, 0) is 54.6 Å². The Balaban J connectivity index is 1.57. The van der Waals surface area contributed by atoms with Crippen molar-refractivity contribution in [2.24, 2.45) is 0 Å². The summed E-state index contributed by atoms with van der Waals surface area (Å²) < 4.78 is 0. The average molecular weight is 399 g/mol. The van der Waals surface area contributed by atoms with E-state index in [1.165, 1.54) is 22.7 Å². The maximum absolute atomic E-state index is 12.3. The van der Waals surface area contributed by atoms with Gasteiger partial charge < -0.3 is 10.6 Å². The summed E-state index contributed by atoms with van der Waals surface area (Å²) in [6.07, 6.45) is 0. The van der Waals surface area contributed by atoms with E-state index in [0.717, 1.165) is 16.0 Å². The Hall–Kier alpha value is -2.77. The van der Waals surface area contributed by atoms with E-state index in [1.54, 1.807) is 29.6 Å². The van der Waals surface area contributed by atoms with Crippen LogP contribution in [0.5, 0.6) is 0 Å². The standard InChI is InChI=1S/C20H18N2O3S2/c1-12-4-3-5-16(13(12)2)22-20(25)19(24)21-10-15-6-7-17(27-15)18(23)14-8-9-26-11-14/h3-9,11H,10H2,1-2H3,(H,21,24)(H,22,25). The van der Waals surface area contributed by atoms with E-state index >= 15 is 0 Å². The molecule has 0 unspecified atom stereocenters. The first-order chi connectivity index (χ1) is 13.0. The van der Waals surface area contributed by atoms with Crippen molar-refractivity contribution in [1.29, 1.82) is 0 Å². The number of hydrogen-bond acceptors (Lipinski definition) is 5. The number of carbonyl (C=O) groups is 3. The van der Waals surface area contributed by atoms with Crippen molar-refractivity contribution in [2.45, 2.75) is 20.4 Å². The molecule has 3 aromatic rings. The molecule has 0 aliphatic rings. The molecule has 0 spiro atoms. The summed E-state index contributed by atoms with van der Waals surface area (Å²) in [5.41, 5.74) is 3.24. The second-order valence-corrected chi connectivity index (χ2v) is 7.94. The van der Waals surface area contributed by atoms with Crippen molar-refractivity contribution in [3.63, 3.8) is 0 Å². The van der Waals surface area contributed by atoms with Crippen LogP contribution in [-0.2, 0) is 16.1 Å². The highest BCUT2D eigenvalue weighted by Crippen LogP contribution is 2.21. The van der Waals surface area contributed by atoms with Gasteiger partial charge in [-0.2, -0.15) is 11.3 Å². The number of thiophene rings is 2. The molecule has 3 rings (SSSR count). The third-order valence-electron chi connectivity index (χ3n) is 4.15. The van der Waals surface area contributed by atoms with Crippen LogP contribution in [0.15, 0.2) is 47.2 Å². The Morgan fingerprint density at radius 1 is 1.00 bits per heavy atom. The first-order valence-corrected chi connectivity index (χ1v) is 10.0. The zero-order valence-corrected chi connectivity index (χ0v) is 16.5. The lowest BCUT2D eigenvalue weighted by Gasteiger charge is -2.10. The summed E-state index contributed by atoms with van der Waals surface area (Å²) in [6.45, 7) is 4.03. The Bertz CT molecular complexity index is 991. The fourth-order valence-corrected chi connectivity index (χ4v) is 3.99. The molecule has 0 saturated carbocycles. The molecule has 5 nitrogen and oxygen atoms in total. The van der Waals surface area contributed by atoms with E-state index in [-0.39, 0.29) is 12.3 Å². The molecule has 0 saturated heterocycles. The predicted molar refractivity (Wildman–Crippen MR) is 108 cm³/mol. The molecular weight excluding hydrogens is 380 g/mol. The van der Waals surface area contributed by atoms with E-state index < -0.39 is 11.8 Å². The Labute approximate surface area is 165 Å². The van der Waals surface area contributed by atoms with Gasteiger partial charge in [0.05, 0.1) is 11.4 Å². The quantitative estimate of drug-likeness (QED) is 0.505. The van der Waals surface area contributed by atoms with Gasteiger partial charge in [-0.25, -0.2) is 0 Å². The van der Waals surface area contributed by atoms with Crippen LogP contribution in [0.3, 0.4) is 0 Å². The molecule has 0 atom stereocenters. The van der Waals surface area contributed by atoms with E-state index in [4.69, 9.17) is 0 Å². The number of benzene rings is 1. The number of aryl methyl sites for hydroxylation is 1. The minimum absolute atomic E-state index is 0.0357. The molecule has 27 heavy (non-hydrogen) atoms. The average Bonchev–Trinajstić information content (AvgIpc) is 3.34. The van der Waals surface area contributed by atoms with Crippen molar-refractivity contribution in [3.8, 4) is 0 Å². The summed E-state index contributed by atoms with van der Waals surface area (Å²) in [5, 5.41) is 8.88. The van der Waals surface area contributed by atoms with Crippen LogP contribution in [0.4, 0.5) is 5.69 Å². The van der Waals surface area contributed by atoms with Crippen molar-refractivity contribution in [2.75, 3.05) is 5.32 Å². The van der Waals surface area contributed by atoms with Crippen molar-refractivity contribution < 1.29 is 14.4 Å². The van der Waals surface area contributed by atoms with Crippen molar-refractivity contribution in [1.82, 2.24) is 5.32 Å². The number of rotatable bonds is 5. The van der Waals surface area contributed by atoms with Crippen LogP contribution < -0.4 is 10.6 Å². The van der Waals surface area contributed by atoms with Gasteiger partial charge in [-0.1, -0.05) is 12.1 Å². The normalized spacial score (nSPS) is 10.4. The molecule has 0 bridgehead atoms. The minimum atomic E-state index is -0.713. The largest absolute Gasteiger partial charge is 0.343 e. The first kappa shape index (κ1) is 19.0. The van der Waals surface area contributed by atoms with Gasteiger partial charge in [0.1, 0.15) is 0 Å². The smallest absolute Gasteiger partial charge is 0.313 e. The maximum atomic E-state index is 12.3. The van der Waals surface area contributed by atoms with E-state index in [9.17, 15) is 14.4 Å². The highest BCUT2D eigenvalue weighted by atomic mass is 32.1. The Kier molecular flexibility index (Phi) is 5.83. The van der Waals surface area contributed by atoms with Crippen LogP contribution >= 0.6 is 22.7 Å². The summed E-state index contributed by atoms with van der Waals surface area (Å²) in [5.74, 6) is -1.46. The zero-order valence-electron chi connectivity index (χ0n) is 14.9. The molecule has 0 aliphatic heterocycles. The second-order valence-electron chi connectivity index (χ2n) is 5.99. The molecule has 0 aliphatic carbocycles. The molecule has 7 heteroatoms. The zero-order chi connectivity index (χ0) is 19.4. The predicted octanol–water partition coefficient (Wildman–Crippen LogP) is 3.91. The number of ketones is 1. The molecule has 0 radical (unpaired) electrons. The Morgan fingerprint density at radius 2 is 1.81 bits per heavy atom. The first-order valence-electron chi connectivity index (χ1n) is 8.26. The molecule has 2 aromatic heterocycles. The third-order valence-corrected chi connectivity index (χ3v) is 5.92. The lowest BCUT2D eigenvalue weighted by atomic mass is 10.1. The molecule has 138 valence electrons. The fourth-order valence-electron chi connectivity index (χ4n) is 2.44. The van der Waals surface area contributed by atoms with Crippen molar-refractivity contribution in [3.05, 3.63) is 73.6 Å². The molecular formula is C20H18N2O3S2. The summed E-state index contributed by atoms with van der Waals surface area (Å²) >= 11 is 2.78. The van der Waals surface area contributed by atoms with Crippen LogP contribution in [0.1, 0.15) is 31.2 Å². The summed E-state index contributed by atoms with van der Waals surface area (Å²) in [6, 6.07) is 10.8. The monoisotopic (exact) mass is 398 g/mol. The number of hydrogen-bond donors (Lipinski definition) is 2. The molecule has 2 N–H and O–H groups in total. The number of amides is 2. The third kappa shape index (κ3) is 4.50. The second kappa shape index (κ2) is 8.28. The fraction of sp³-hybridized carbons (Fsp3) is 0.150. The lowest BCUT2D eigenvalue weighted by Crippen LogP contribution is -2.35. The van der Waals surface area contributed by atoms with Gasteiger partial charge in [-0.15, -0.1) is 11.3 Å². The van der Waals surface area contributed by atoms with E-state index in [1.807, 2.05) is 31.4 Å². The summed E-state index contributed by atoms with van der Waals surface area (Å²) in [7, 11) is 0. The molecule has 0 fully saturated rings. The minimum Gasteiger partial charge on any atom is -0.343 e. The van der Waals surface area contributed by atoms with Crippen LogP contribution in [0.25, 0.3) is 0 Å². The number of carbonyl (C=O) groups excluding carboxylic acids is 3. The molecule has 2 amide bonds.